The van der Waals surface area contributed by atoms with E-state index in [4.69, 9.17) is 15.9 Å². The monoisotopic (exact) mass is 207 g/mol. The number of carbonyl (C=O) groups is 2. The topological polar surface area (TPSA) is 101 Å². The van der Waals surface area contributed by atoms with Crippen molar-refractivity contribution in [1.82, 2.24) is 0 Å². The van der Waals surface area contributed by atoms with Gasteiger partial charge in [0, 0.05) is 5.75 Å². The third-order valence-electron chi connectivity index (χ3n) is 1.44. The van der Waals surface area contributed by atoms with Crippen molar-refractivity contribution < 1.29 is 19.8 Å². The fraction of sp³-hybridized carbons (Fsp3) is 0.714. The van der Waals surface area contributed by atoms with E-state index >= 15 is 0 Å². The summed E-state index contributed by atoms with van der Waals surface area (Å²) < 4.78 is 0. The molecule has 0 aromatic carbocycles. The molecule has 6 heteroatoms. The van der Waals surface area contributed by atoms with Crippen LogP contribution in [0, 0.1) is 0 Å². The predicted octanol–water partition coefficient (Wildman–Crippen LogP) is -0.00530. The maximum Gasteiger partial charge on any atom is 0.321 e. The summed E-state index contributed by atoms with van der Waals surface area (Å²) in [5.41, 5.74) is 5.21. The first kappa shape index (κ1) is 12.2. The number of carboxylic acids is 2. The summed E-state index contributed by atoms with van der Waals surface area (Å²) >= 11 is 1.06. The number of nitrogens with two attached hydrogens (primary N) is 1. The highest BCUT2D eigenvalue weighted by molar-refractivity contribution is 8.00. The summed E-state index contributed by atoms with van der Waals surface area (Å²) in [4.78, 5) is 20.8. The maximum atomic E-state index is 10.5. The van der Waals surface area contributed by atoms with Crippen LogP contribution < -0.4 is 5.73 Å². The molecule has 0 aromatic rings. The average Bonchev–Trinajstić information content (AvgIpc) is 2.04. The van der Waals surface area contributed by atoms with E-state index in [1.165, 1.54) is 0 Å². The fourth-order valence-corrected chi connectivity index (χ4v) is 1.62. The van der Waals surface area contributed by atoms with Crippen LogP contribution in [0.5, 0.6) is 0 Å². The second-order valence-corrected chi connectivity index (χ2v) is 3.75. The van der Waals surface area contributed by atoms with Crippen LogP contribution in [0.1, 0.15) is 13.3 Å². The number of aliphatic carboxylic acids is 2. The van der Waals surface area contributed by atoms with Crippen molar-refractivity contribution in [2.24, 2.45) is 5.73 Å². The molecule has 0 aromatic heterocycles. The Bertz CT molecular complexity index is 197. The molecule has 0 aliphatic rings. The van der Waals surface area contributed by atoms with Crippen molar-refractivity contribution in [3.05, 3.63) is 0 Å². The quantitative estimate of drug-likeness (QED) is 0.566. The van der Waals surface area contributed by atoms with E-state index in [1.54, 1.807) is 6.92 Å². The number of thioether (sulfide) groups is 1. The Kier molecular flexibility index (Phi) is 5.48. The number of rotatable bonds is 6. The van der Waals surface area contributed by atoms with Crippen LogP contribution in [-0.2, 0) is 9.59 Å². The van der Waals surface area contributed by atoms with E-state index in [1.807, 2.05) is 0 Å². The lowest BCUT2D eigenvalue weighted by molar-refractivity contribution is -0.138. The maximum absolute atomic E-state index is 10.5. The molecule has 0 bridgehead atoms. The summed E-state index contributed by atoms with van der Waals surface area (Å²) in [5.74, 6) is -1.90. The molecule has 0 rings (SSSR count). The number of hydrogen-bond acceptors (Lipinski definition) is 4. The van der Waals surface area contributed by atoms with E-state index in [-0.39, 0.29) is 5.75 Å². The molecule has 1 unspecified atom stereocenters. The van der Waals surface area contributed by atoms with Crippen molar-refractivity contribution in [3.63, 3.8) is 0 Å². The zero-order chi connectivity index (χ0) is 10.4. The zero-order valence-electron chi connectivity index (χ0n) is 7.27. The highest BCUT2D eigenvalue weighted by Gasteiger charge is 2.19. The molecule has 0 radical (unpaired) electrons. The third-order valence-corrected chi connectivity index (χ3v) is 2.93. The predicted molar refractivity (Wildman–Crippen MR) is 49.8 cm³/mol. The summed E-state index contributed by atoms with van der Waals surface area (Å²) in [6, 6.07) is -0.988. The minimum Gasteiger partial charge on any atom is -0.480 e. The van der Waals surface area contributed by atoms with Crippen LogP contribution in [0.15, 0.2) is 0 Å². The van der Waals surface area contributed by atoms with Gasteiger partial charge in [-0.2, -0.15) is 0 Å². The van der Waals surface area contributed by atoms with Crippen molar-refractivity contribution >= 4 is 23.7 Å². The van der Waals surface area contributed by atoms with Crippen LogP contribution in [-0.4, -0.2) is 39.2 Å². The Balaban J connectivity index is 3.85. The van der Waals surface area contributed by atoms with E-state index in [0.717, 1.165) is 11.8 Å². The van der Waals surface area contributed by atoms with E-state index in [0.29, 0.717) is 6.42 Å². The van der Waals surface area contributed by atoms with Crippen molar-refractivity contribution in [3.8, 4) is 0 Å². The highest BCUT2D eigenvalue weighted by Crippen LogP contribution is 2.15. The molecule has 13 heavy (non-hydrogen) atoms. The Morgan fingerprint density at radius 1 is 1.38 bits per heavy atom. The largest absolute Gasteiger partial charge is 0.480 e. The number of carboxylic acid groups (broad SMARTS) is 2. The van der Waals surface area contributed by atoms with Crippen molar-refractivity contribution in [2.75, 3.05) is 5.75 Å². The molecular weight excluding hydrogens is 194 g/mol. The molecule has 0 fully saturated rings. The highest BCUT2D eigenvalue weighted by atomic mass is 32.2. The second-order valence-electron chi connectivity index (χ2n) is 2.51. The standard InChI is InChI=1S/C7H13NO4S/c1-2-5(7(11)12)13-3-4(8)6(9)10/h4-5H,2-3,8H2,1H3,(H,9,10)(H,11,12)/t4-,5?/m1/s1. The van der Waals surface area contributed by atoms with Gasteiger partial charge in [-0.05, 0) is 6.42 Å². The molecule has 5 nitrogen and oxygen atoms in total. The van der Waals surface area contributed by atoms with Gasteiger partial charge in [0.15, 0.2) is 0 Å². The minimum atomic E-state index is -1.10. The van der Waals surface area contributed by atoms with Gasteiger partial charge in [0.25, 0.3) is 0 Å². The van der Waals surface area contributed by atoms with Gasteiger partial charge in [-0.1, -0.05) is 6.92 Å². The van der Waals surface area contributed by atoms with Crippen LogP contribution in [0.25, 0.3) is 0 Å². The number of hydrogen-bond donors (Lipinski definition) is 3. The summed E-state index contributed by atoms with van der Waals surface area (Å²) in [5, 5.41) is 16.5. The Labute approximate surface area is 80.3 Å². The van der Waals surface area contributed by atoms with Crippen molar-refractivity contribution in [1.29, 1.82) is 0 Å². The first-order valence-corrected chi connectivity index (χ1v) is 4.86. The zero-order valence-corrected chi connectivity index (χ0v) is 8.08. The first-order chi connectivity index (χ1) is 5.99. The van der Waals surface area contributed by atoms with Crippen molar-refractivity contribution in [2.45, 2.75) is 24.6 Å². The molecule has 2 atom stereocenters. The van der Waals surface area contributed by atoms with Crippen LogP contribution in [0.3, 0.4) is 0 Å². The molecule has 0 aliphatic carbocycles. The first-order valence-electron chi connectivity index (χ1n) is 3.81. The second kappa shape index (κ2) is 5.82. The van der Waals surface area contributed by atoms with Crippen LogP contribution in [0.2, 0.25) is 0 Å². The molecule has 76 valence electrons. The normalized spacial score (nSPS) is 14.9. The Morgan fingerprint density at radius 2 is 1.92 bits per heavy atom. The SMILES string of the molecule is CCC(SC[C@@H](N)C(=O)O)C(=O)O. The van der Waals surface area contributed by atoms with E-state index in [9.17, 15) is 9.59 Å². The molecule has 0 spiro atoms. The summed E-state index contributed by atoms with van der Waals surface area (Å²) in [6.07, 6.45) is 0.465. The average molecular weight is 207 g/mol. The summed E-state index contributed by atoms with van der Waals surface area (Å²) in [6.45, 7) is 1.73. The summed E-state index contributed by atoms with van der Waals surface area (Å²) in [7, 11) is 0. The van der Waals surface area contributed by atoms with Crippen LogP contribution in [0.4, 0.5) is 0 Å². The van der Waals surface area contributed by atoms with Crippen LogP contribution >= 0.6 is 11.8 Å². The van der Waals surface area contributed by atoms with E-state index in [2.05, 4.69) is 0 Å². The van der Waals surface area contributed by atoms with Gasteiger partial charge >= 0.3 is 11.9 Å². The molecule has 0 saturated heterocycles. The van der Waals surface area contributed by atoms with Gasteiger partial charge < -0.3 is 15.9 Å². The van der Waals surface area contributed by atoms with Gasteiger partial charge in [-0.15, -0.1) is 11.8 Å². The minimum absolute atomic E-state index is 0.125. The van der Waals surface area contributed by atoms with Gasteiger partial charge in [0.05, 0.1) is 0 Å². The van der Waals surface area contributed by atoms with Gasteiger partial charge in [0.2, 0.25) is 0 Å². The molecular formula is C7H13NO4S. The smallest absolute Gasteiger partial charge is 0.321 e. The van der Waals surface area contributed by atoms with E-state index < -0.39 is 23.2 Å². The fourth-order valence-electron chi connectivity index (χ4n) is 0.655. The molecule has 0 aliphatic heterocycles. The Hall–Kier alpha value is -0.750. The molecule has 0 heterocycles. The Morgan fingerprint density at radius 3 is 2.23 bits per heavy atom. The molecule has 4 N–H and O–H groups in total. The third kappa shape index (κ3) is 4.74. The van der Waals surface area contributed by atoms with Gasteiger partial charge in [0.1, 0.15) is 11.3 Å². The molecule has 0 amide bonds. The lowest BCUT2D eigenvalue weighted by Crippen LogP contribution is -2.33. The van der Waals surface area contributed by atoms with Gasteiger partial charge in [-0.25, -0.2) is 0 Å². The molecule has 0 saturated carbocycles. The lowest BCUT2D eigenvalue weighted by atomic mass is 10.3. The van der Waals surface area contributed by atoms with Gasteiger partial charge in [-0.3, -0.25) is 9.59 Å². The lowest BCUT2D eigenvalue weighted by Gasteiger charge is -2.10.